The molecule has 110 valence electrons. The topological polar surface area (TPSA) is 62.8 Å². The first-order valence-corrected chi connectivity index (χ1v) is 6.63. The first-order chi connectivity index (χ1) is 10.1. The maximum atomic E-state index is 9.83. The van der Waals surface area contributed by atoms with Crippen molar-refractivity contribution in [1.82, 2.24) is 0 Å². The molecule has 3 N–H and O–H groups in total. The van der Waals surface area contributed by atoms with Gasteiger partial charge in [0.25, 0.3) is 0 Å². The van der Waals surface area contributed by atoms with Crippen molar-refractivity contribution in [2.75, 3.05) is 24.9 Å². The fourth-order valence-electron chi connectivity index (χ4n) is 1.79. The molecule has 0 spiro atoms. The first kappa shape index (κ1) is 14.9. The van der Waals surface area contributed by atoms with Gasteiger partial charge in [0.15, 0.2) is 16.6 Å². The van der Waals surface area contributed by atoms with Gasteiger partial charge >= 0.3 is 0 Å². The molecule has 0 aliphatic carbocycles. The molecule has 2 aromatic carbocycles. The molecule has 0 bridgehead atoms. The van der Waals surface area contributed by atoms with E-state index in [9.17, 15) is 5.11 Å². The summed E-state index contributed by atoms with van der Waals surface area (Å²) in [4.78, 5) is 0. The lowest BCUT2D eigenvalue weighted by Crippen LogP contribution is -2.19. The van der Waals surface area contributed by atoms with Crippen LogP contribution >= 0.6 is 12.2 Å². The number of hydrogen-bond donors (Lipinski definition) is 3. The van der Waals surface area contributed by atoms with Crippen molar-refractivity contribution in [2.24, 2.45) is 0 Å². The molecule has 6 heteroatoms. The Morgan fingerprint density at radius 3 is 2.29 bits per heavy atom. The molecule has 0 amide bonds. The molecule has 0 heterocycles. The Labute approximate surface area is 128 Å². The molecule has 0 aliphatic rings. The lowest BCUT2D eigenvalue weighted by atomic mass is 10.2. The fraction of sp³-hybridized carbons (Fsp3) is 0.133. The van der Waals surface area contributed by atoms with E-state index in [2.05, 4.69) is 10.6 Å². The highest BCUT2D eigenvalue weighted by molar-refractivity contribution is 7.80. The minimum atomic E-state index is 0.00307. The Morgan fingerprint density at radius 2 is 1.67 bits per heavy atom. The molecule has 21 heavy (non-hydrogen) atoms. The second kappa shape index (κ2) is 6.81. The molecule has 2 aromatic rings. The zero-order chi connectivity index (χ0) is 15.2. The molecule has 0 unspecified atom stereocenters. The quantitative estimate of drug-likeness (QED) is 0.754. The van der Waals surface area contributed by atoms with Crippen LogP contribution in [0.4, 0.5) is 11.4 Å². The highest BCUT2D eigenvalue weighted by atomic mass is 32.1. The van der Waals surface area contributed by atoms with Crippen molar-refractivity contribution < 1.29 is 14.6 Å². The number of rotatable bonds is 4. The minimum absolute atomic E-state index is 0.00307. The summed E-state index contributed by atoms with van der Waals surface area (Å²) in [6.07, 6.45) is 0. The third kappa shape index (κ3) is 3.76. The number of phenols is 1. The molecule has 2 rings (SSSR count). The number of methoxy groups -OCH3 is 2. The lowest BCUT2D eigenvalue weighted by molar-refractivity contribution is 0.365. The van der Waals surface area contributed by atoms with Crippen LogP contribution in [0.5, 0.6) is 17.2 Å². The number of aromatic hydroxyl groups is 1. The van der Waals surface area contributed by atoms with E-state index in [0.29, 0.717) is 22.3 Å². The summed E-state index contributed by atoms with van der Waals surface area (Å²) >= 11 is 5.24. The van der Waals surface area contributed by atoms with Crippen LogP contribution in [0.3, 0.4) is 0 Å². The van der Waals surface area contributed by atoms with Crippen LogP contribution in [-0.4, -0.2) is 24.4 Å². The smallest absolute Gasteiger partial charge is 0.175 e. The SMILES string of the molecule is COc1cc(OC)c(NC(=S)Nc2ccccc2)cc1O. The van der Waals surface area contributed by atoms with Gasteiger partial charge in [-0.2, -0.15) is 0 Å². The van der Waals surface area contributed by atoms with E-state index in [0.717, 1.165) is 5.69 Å². The van der Waals surface area contributed by atoms with Crippen molar-refractivity contribution in [1.29, 1.82) is 0 Å². The third-order valence-electron chi connectivity index (χ3n) is 2.78. The van der Waals surface area contributed by atoms with Gasteiger partial charge in [-0.05, 0) is 24.4 Å². The molecule has 5 nitrogen and oxygen atoms in total. The van der Waals surface area contributed by atoms with E-state index >= 15 is 0 Å². The molecule has 0 radical (unpaired) electrons. The molecule has 0 aliphatic heterocycles. The highest BCUT2D eigenvalue weighted by Crippen LogP contribution is 2.37. The van der Waals surface area contributed by atoms with Gasteiger partial charge in [-0.3, -0.25) is 0 Å². The largest absolute Gasteiger partial charge is 0.504 e. The van der Waals surface area contributed by atoms with Gasteiger partial charge in [-0.1, -0.05) is 18.2 Å². The highest BCUT2D eigenvalue weighted by Gasteiger charge is 2.11. The van der Waals surface area contributed by atoms with Crippen LogP contribution in [0.2, 0.25) is 0 Å². The normalized spacial score (nSPS) is 9.81. The Hall–Kier alpha value is -2.47. The van der Waals surface area contributed by atoms with Gasteiger partial charge in [-0.25, -0.2) is 0 Å². The van der Waals surface area contributed by atoms with Crippen LogP contribution in [0, 0.1) is 0 Å². The number of hydrogen-bond acceptors (Lipinski definition) is 4. The Kier molecular flexibility index (Phi) is 4.84. The van der Waals surface area contributed by atoms with Crippen molar-refractivity contribution in [3.8, 4) is 17.2 Å². The lowest BCUT2D eigenvalue weighted by Gasteiger charge is -2.15. The summed E-state index contributed by atoms with van der Waals surface area (Å²) in [5.74, 6) is 0.851. The summed E-state index contributed by atoms with van der Waals surface area (Å²) in [6.45, 7) is 0. The van der Waals surface area contributed by atoms with E-state index in [1.54, 1.807) is 6.07 Å². The second-order valence-corrected chi connectivity index (χ2v) is 4.58. The Bertz CT molecular complexity index is 632. The molecular formula is C15H16N2O3S. The first-order valence-electron chi connectivity index (χ1n) is 6.22. The third-order valence-corrected chi connectivity index (χ3v) is 2.98. The van der Waals surface area contributed by atoms with Crippen molar-refractivity contribution in [2.45, 2.75) is 0 Å². The van der Waals surface area contributed by atoms with Crippen LogP contribution in [0.15, 0.2) is 42.5 Å². The average molecular weight is 304 g/mol. The fourth-order valence-corrected chi connectivity index (χ4v) is 2.01. The molecule has 0 saturated heterocycles. The molecule has 0 saturated carbocycles. The standard InChI is InChI=1S/C15H16N2O3S/c1-19-13-9-14(20-2)12(18)8-11(13)17-15(21)16-10-6-4-3-5-7-10/h3-9,18H,1-2H3,(H2,16,17,21). The van der Waals surface area contributed by atoms with Crippen molar-refractivity contribution in [3.05, 3.63) is 42.5 Å². The van der Waals surface area contributed by atoms with E-state index in [1.165, 1.54) is 20.3 Å². The Morgan fingerprint density at radius 1 is 1.00 bits per heavy atom. The van der Waals surface area contributed by atoms with Crippen molar-refractivity contribution >= 4 is 28.7 Å². The number of ether oxygens (including phenoxy) is 2. The summed E-state index contributed by atoms with van der Waals surface area (Å²) in [6, 6.07) is 12.6. The maximum Gasteiger partial charge on any atom is 0.175 e. The van der Waals surface area contributed by atoms with Crippen LogP contribution < -0.4 is 20.1 Å². The summed E-state index contributed by atoms with van der Waals surface area (Å²) < 4.78 is 10.3. The minimum Gasteiger partial charge on any atom is -0.504 e. The summed E-state index contributed by atoms with van der Waals surface area (Å²) in [5, 5.41) is 16.2. The second-order valence-electron chi connectivity index (χ2n) is 4.17. The number of nitrogens with one attached hydrogen (secondary N) is 2. The van der Waals surface area contributed by atoms with Gasteiger partial charge in [0.2, 0.25) is 0 Å². The predicted octanol–water partition coefficient (Wildman–Crippen LogP) is 3.22. The van der Waals surface area contributed by atoms with Gasteiger partial charge < -0.3 is 25.2 Å². The zero-order valence-electron chi connectivity index (χ0n) is 11.7. The van der Waals surface area contributed by atoms with Gasteiger partial charge in [0.1, 0.15) is 5.75 Å². The number of benzene rings is 2. The number of anilines is 2. The van der Waals surface area contributed by atoms with Crippen LogP contribution in [0.1, 0.15) is 0 Å². The number of phenolic OH excluding ortho intramolecular Hbond substituents is 1. The van der Waals surface area contributed by atoms with Gasteiger partial charge in [0, 0.05) is 17.8 Å². The average Bonchev–Trinajstić information content (AvgIpc) is 2.48. The molecule has 0 fully saturated rings. The number of thiocarbonyl (C=S) groups is 1. The van der Waals surface area contributed by atoms with Crippen LogP contribution in [-0.2, 0) is 0 Å². The monoisotopic (exact) mass is 304 g/mol. The van der Waals surface area contributed by atoms with E-state index < -0.39 is 0 Å². The number of para-hydroxylation sites is 1. The summed E-state index contributed by atoms with van der Waals surface area (Å²) in [7, 11) is 3.01. The predicted molar refractivity (Wildman–Crippen MR) is 87.5 cm³/mol. The van der Waals surface area contributed by atoms with E-state index in [1.807, 2.05) is 30.3 Å². The molecular weight excluding hydrogens is 288 g/mol. The van der Waals surface area contributed by atoms with Crippen LogP contribution in [0.25, 0.3) is 0 Å². The zero-order valence-corrected chi connectivity index (χ0v) is 12.5. The van der Waals surface area contributed by atoms with Gasteiger partial charge in [0.05, 0.1) is 19.9 Å². The van der Waals surface area contributed by atoms with E-state index in [-0.39, 0.29) is 5.75 Å². The van der Waals surface area contributed by atoms with E-state index in [4.69, 9.17) is 21.7 Å². The molecule has 0 atom stereocenters. The Balaban J connectivity index is 2.15. The summed E-state index contributed by atoms with van der Waals surface area (Å²) in [5.41, 5.74) is 1.41. The van der Waals surface area contributed by atoms with Gasteiger partial charge in [-0.15, -0.1) is 0 Å². The van der Waals surface area contributed by atoms with Crippen molar-refractivity contribution in [3.63, 3.8) is 0 Å². The maximum absolute atomic E-state index is 9.83. The molecule has 0 aromatic heterocycles.